The molecule has 1 fully saturated rings. The molecule has 0 radical (unpaired) electrons. The van der Waals surface area contributed by atoms with Gasteiger partial charge in [-0.3, -0.25) is 9.69 Å². The predicted octanol–water partition coefficient (Wildman–Crippen LogP) is 2.29. The molecule has 2 aromatic rings. The van der Waals surface area contributed by atoms with Gasteiger partial charge in [-0.15, -0.1) is 0 Å². The number of oxazole rings is 1. The molecule has 7 heteroatoms. The lowest BCUT2D eigenvalue weighted by Crippen LogP contribution is -2.49. The Hall–Kier alpha value is -1.89. The van der Waals surface area contributed by atoms with E-state index in [-0.39, 0.29) is 12.5 Å². The van der Waals surface area contributed by atoms with Crippen LogP contribution in [0.3, 0.4) is 0 Å². The molecule has 0 unspecified atom stereocenters. The minimum absolute atomic E-state index is 0.0401. The molecule has 24 heavy (non-hydrogen) atoms. The number of halogens is 1. The largest absolute Gasteiger partial charge is 0.439 e. The van der Waals surface area contributed by atoms with E-state index in [2.05, 4.69) is 9.88 Å². The summed E-state index contributed by atoms with van der Waals surface area (Å²) in [4.78, 5) is 20.2. The molecule has 0 atom stereocenters. The average molecular weight is 350 g/mol. The van der Waals surface area contributed by atoms with Crippen molar-refractivity contribution in [3.05, 3.63) is 41.4 Å². The summed E-state index contributed by atoms with van der Waals surface area (Å²) in [5, 5.41) is 0.694. The van der Waals surface area contributed by atoms with Gasteiger partial charge in [0.2, 0.25) is 11.8 Å². The molecule has 2 heterocycles. The molecule has 1 amide bonds. The lowest BCUT2D eigenvalue weighted by atomic mass is 10.2. The highest BCUT2D eigenvalue weighted by atomic mass is 35.5. The Morgan fingerprint density at radius 1 is 1.25 bits per heavy atom. The number of hydrogen-bond acceptors (Lipinski definition) is 5. The molecular weight excluding hydrogens is 330 g/mol. The number of methoxy groups -OCH3 is 1. The van der Waals surface area contributed by atoms with Crippen molar-refractivity contribution in [3.8, 4) is 11.3 Å². The average Bonchev–Trinajstić information content (AvgIpc) is 3.05. The molecule has 128 valence electrons. The number of carbonyl (C=O) groups excluding carboxylic acids is 1. The summed E-state index contributed by atoms with van der Waals surface area (Å²) >= 11 is 5.90. The van der Waals surface area contributed by atoms with Crippen LogP contribution in [0.4, 0.5) is 0 Å². The number of benzene rings is 1. The van der Waals surface area contributed by atoms with Crippen LogP contribution in [0.1, 0.15) is 5.89 Å². The Kier molecular flexibility index (Phi) is 5.50. The molecular formula is C17H20ClN3O3. The maximum absolute atomic E-state index is 11.8. The third kappa shape index (κ3) is 4.14. The number of amides is 1. The van der Waals surface area contributed by atoms with Gasteiger partial charge in [-0.05, 0) is 24.3 Å². The van der Waals surface area contributed by atoms with Gasteiger partial charge in [-0.1, -0.05) is 11.6 Å². The van der Waals surface area contributed by atoms with E-state index in [0.717, 1.165) is 24.4 Å². The highest BCUT2D eigenvalue weighted by Gasteiger charge is 2.22. The highest BCUT2D eigenvalue weighted by molar-refractivity contribution is 6.30. The van der Waals surface area contributed by atoms with E-state index in [1.807, 2.05) is 29.2 Å². The maximum atomic E-state index is 11.8. The second kappa shape index (κ2) is 7.79. The monoisotopic (exact) mass is 349 g/mol. The summed E-state index contributed by atoms with van der Waals surface area (Å²) in [6.07, 6.45) is 1.73. The van der Waals surface area contributed by atoms with Crippen LogP contribution in [0.2, 0.25) is 5.02 Å². The van der Waals surface area contributed by atoms with Crippen molar-refractivity contribution < 1.29 is 13.9 Å². The van der Waals surface area contributed by atoms with E-state index in [1.54, 1.807) is 6.20 Å². The number of rotatable bonds is 5. The molecule has 1 aliphatic rings. The zero-order valence-corrected chi connectivity index (χ0v) is 14.3. The van der Waals surface area contributed by atoms with E-state index in [1.165, 1.54) is 7.11 Å². The van der Waals surface area contributed by atoms with Crippen LogP contribution in [-0.2, 0) is 16.1 Å². The maximum Gasteiger partial charge on any atom is 0.248 e. The van der Waals surface area contributed by atoms with Crippen molar-refractivity contribution >= 4 is 17.5 Å². The van der Waals surface area contributed by atoms with E-state index in [4.69, 9.17) is 20.8 Å². The van der Waals surface area contributed by atoms with Gasteiger partial charge in [0.05, 0.1) is 12.7 Å². The van der Waals surface area contributed by atoms with Gasteiger partial charge >= 0.3 is 0 Å². The van der Waals surface area contributed by atoms with Gasteiger partial charge in [0, 0.05) is 43.9 Å². The van der Waals surface area contributed by atoms with Crippen LogP contribution in [-0.4, -0.2) is 60.6 Å². The Morgan fingerprint density at radius 2 is 1.96 bits per heavy atom. The molecule has 0 N–H and O–H groups in total. The van der Waals surface area contributed by atoms with Crippen LogP contribution in [0.15, 0.2) is 34.9 Å². The van der Waals surface area contributed by atoms with Gasteiger partial charge in [-0.2, -0.15) is 0 Å². The topological polar surface area (TPSA) is 58.8 Å². The number of nitrogens with zero attached hydrogens (tertiary/aromatic N) is 3. The second-order valence-corrected chi connectivity index (χ2v) is 6.15. The summed E-state index contributed by atoms with van der Waals surface area (Å²) in [6, 6.07) is 7.48. The van der Waals surface area contributed by atoms with Gasteiger partial charge in [0.15, 0.2) is 5.76 Å². The minimum Gasteiger partial charge on any atom is -0.439 e. The Bertz CT molecular complexity index is 679. The highest BCUT2D eigenvalue weighted by Crippen LogP contribution is 2.23. The van der Waals surface area contributed by atoms with Crippen molar-refractivity contribution in [1.29, 1.82) is 0 Å². The molecule has 1 aromatic carbocycles. The fourth-order valence-corrected chi connectivity index (χ4v) is 2.82. The lowest BCUT2D eigenvalue weighted by molar-refractivity contribution is -0.137. The number of piperazine rings is 1. The predicted molar refractivity (Wildman–Crippen MR) is 90.7 cm³/mol. The number of ether oxygens (including phenoxy) is 1. The Balaban J connectivity index is 1.54. The Labute approximate surface area is 146 Å². The number of hydrogen-bond donors (Lipinski definition) is 0. The summed E-state index contributed by atoms with van der Waals surface area (Å²) in [5.74, 6) is 1.45. The normalized spacial score (nSPS) is 15.7. The van der Waals surface area contributed by atoms with Crippen LogP contribution >= 0.6 is 11.6 Å². The first-order valence-electron chi connectivity index (χ1n) is 7.85. The third-order valence-corrected chi connectivity index (χ3v) is 4.29. The van der Waals surface area contributed by atoms with Gasteiger partial charge in [-0.25, -0.2) is 4.98 Å². The molecule has 6 nitrogen and oxygen atoms in total. The summed E-state index contributed by atoms with van der Waals surface area (Å²) in [7, 11) is 1.54. The van der Waals surface area contributed by atoms with Crippen molar-refractivity contribution in [2.24, 2.45) is 0 Å². The molecule has 0 spiro atoms. The smallest absolute Gasteiger partial charge is 0.248 e. The first-order valence-corrected chi connectivity index (χ1v) is 8.23. The molecule has 1 saturated heterocycles. The van der Waals surface area contributed by atoms with Crippen molar-refractivity contribution in [2.45, 2.75) is 6.54 Å². The van der Waals surface area contributed by atoms with E-state index >= 15 is 0 Å². The lowest BCUT2D eigenvalue weighted by Gasteiger charge is -2.33. The van der Waals surface area contributed by atoms with Crippen LogP contribution < -0.4 is 0 Å². The first-order chi connectivity index (χ1) is 11.7. The number of carbonyl (C=O) groups is 1. The standard InChI is InChI=1S/C17H20ClN3O3/c1-23-12-17(22)21-8-6-20(7-9-21)11-16-19-10-15(24-16)13-2-4-14(18)5-3-13/h2-5,10H,6-9,11-12H2,1H3. The van der Waals surface area contributed by atoms with E-state index in [0.29, 0.717) is 30.5 Å². The van der Waals surface area contributed by atoms with Gasteiger partial charge in [0.1, 0.15) is 6.61 Å². The summed E-state index contributed by atoms with van der Waals surface area (Å²) in [6.45, 7) is 3.78. The van der Waals surface area contributed by atoms with Crippen molar-refractivity contribution in [3.63, 3.8) is 0 Å². The molecule has 1 aromatic heterocycles. The number of aromatic nitrogens is 1. The van der Waals surface area contributed by atoms with E-state index in [9.17, 15) is 4.79 Å². The fraction of sp³-hybridized carbons (Fsp3) is 0.412. The molecule has 0 saturated carbocycles. The van der Waals surface area contributed by atoms with Crippen LogP contribution in [0.5, 0.6) is 0 Å². The zero-order chi connectivity index (χ0) is 16.9. The van der Waals surface area contributed by atoms with Crippen molar-refractivity contribution in [1.82, 2.24) is 14.8 Å². The van der Waals surface area contributed by atoms with Crippen LogP contribution in [0.25, 0.3) is 11.3 Å². The SMILES string of the molecule is COCC(=O)N1CCN(Cc2ncc(-c3ccc(Cl)cc3)o2)CC1. The Morgan fingerprint density at radius 3 is 2.62 bits per heavy atom. The second-order valence-electron chi connectivity index (χ2n) is 5.72. The van der Waals surface area contributed by atoms with E-state index < -0.39 is 0 Å². The fourth-order valence-electron chi connectivity index (χ4n) is 2.69. The van der Waals surface area contributed by atoms with Gasteiger partial charge in [0.25, 0.3) is 0 Å². The summed E-state index contributed by atoms with van der Waals surface area (Å²) in [5.41, 5.74) is 0.952. The van der Waals surface area contributed by atoms with Crippen LogP contribution in [0, 0.1) is 0 Å². The molecule has 3 rings (SSSR count). The van der Waals surface area contributed by atoms with Crippen molar-refractivity contribution in [2.75, 3.05) is 39.9 Å². The molecule has 0 bridgehead atoms. The minimum atomic E-state index is 0.0401. The third-order valence-electron chi connectivity index (χ3n) is 4.03. The summed E-state index contributed by atoms with van der Waals surface area (Å²) < 4.78 is 10.7. The molecule has 0 aliphatic carbocycles. The quantitative estimate of drug-likeness (QED) is 0.829. The van der Waals surface area contributed by atoms with Gasteiger partial charge < -0.3 is 14.1 Å². The first kappa shape index (κ1) is 17.0. The molecule has 1 aliphatic heterocycles. The zero-order valence-electron chi connectivity index (χ0n) is 13.6.